The predicted octanol–water partition coefficient (Wildman–Crippen LogP) is 1.38. The van der Waals surface area contributed by atoms with Crippen LogP contribution in [0.5, 0.6) is 0 Å². The van der Waals surface area contributed by atoms with Gasteiger partial charge in [-0.2, -0.15) is 0 Å². The molecule has 1 heterocycles. The number of nitrogens with one attached hydrogen (secondary N) is 2. The molecule has 1 saturated heterocycles. The zero-order chi connectivity index (χ0) is 20.1. The van der Waals surface area contributed by atoms with Crippen LogP contribution in [0, 0.1) is 5.92 Å². The van der Waals surface area contributed by atoms with Gasteiger partial charge in [-0.1, -0.05) is 30.3 Å². The van der Waals surface area contributed by atoms with Gasteiger partial charge in [-0.25, -0.2) is 4.99 Å². The summed E-state index contributed by atoms with van der Waals surface area (Å²) in [7, 11) is 3.45. The first-order valence-corrected chi connectivity index (χ1v) is 10.0. The molecule has 2 atom stereocenters. The number of nitrogens with zero attached hydrogens (tertiary/aromatic N) is 3. The van der Waals surface area contributed by atoms with Gasteiger partial charge in [0.25, 0.3) is 0 Å². The van der Waals surface area contributed by atoms with Crippen molar-refractivity contribution in [1.29, 1.82) is 0 Å². The maximum Gasteiger partial charge on any atom is 0.243 e. The highest BCUT2D eigenvalue weighted by Gasteiger charge is 2.39. The molecule has 0 radical (unpaired) electrons. The van der Waals surface area contributed by atoms with Crippen LogP contribution in [0.2, 0.25) is 0 Å². The standard InChI is InChI=1S/C21H31N5O2/c1-15(17-7-5-4-6-8-17)24-21(23-13-20(28)25(2)3)22-12-16-11-19(27)26(14-16)18-9-10-18/h4-8,15-16,18H,9-14H2,1-3H3,(H2,22,23,24). The summed E-state index contributed by atoms with van der Waals surface area (Å²) >= 11 is 0. The average Bonchev–Trinajstić information content (AvgIpc) is 3.46. The fraction of sp³-hybridized carbons (Fsp3) is 0.571. The summed E-state index contributed by atoms with van der Waals surface area (Å²) in [6.45, 7) is 3.63. The van der Waals surface area contributed by atoms with E-state index in [1.807, 2.05) is 23.1 Å². The van der Waals surface area contributed by atoms with E-state index in [-0.39, 0.29) is 30.3 Å². The van der Waals surface area contributed by atoms with Crippen LogP contribution in [0.1, 0.15) is 37.8 Å². The number of rotatable bonds is 7. The Labute approximate surface area is 167 Å². The molecule has 2 amide bonds. The molecule has 1 aliphatic heterocycles. The number of guanidine groups is 1. The number of amides is 2. The molecule has 1 aromatic rings. The molecule has 2 N–H and O–H groups in total. The normalized spacial score (nSPS) is 20.8. The van der Waals surface area contributed by atoms with Gasteiger partial charge in [-0.05, 0) is 25.3 Å². The zero-order valence-corrected chi connectivity index (χ0v) is 17.0. The van der Waals surface area contributed by atoms with Crippen molar-refractivity contribution in [3.05, 3.63) is 35.9 Å². The Morgan fingerprint density at radius 2 is 2.00 bits per heavy atom. The number of likely N-dealkylation sites (N-methyl/N-ethyl adjacent to an activating group) is 1. The van der Waals surface area contributed by atoms with Crippen LogP contribution in [0.4, 0.5) is 0 Å². The Morgan fingerprint density at radius 1 is 1.29 bits per heavy atom. The summed E-state index contributed by atoms with van der Waals surface area (Å²) in [5, 5.41) is 6.72. The molecule has 1 aromatic carbocycles. The second-order valence-electron chi connectivity index (χ2n) is 7.96. The van der Waals surface area contributed by atoms with Crippen molar-refractivity contribution in [3.8, 4) is 0 Å². The Kier molecular flexibility index (Phi) is 6.54. The van der Waals surface area contributed by atoms with E-state index >= 15 is 0 Å². The minimum absolute atomic E-state index is 0.0510. The first-order valence-electron chi connectivity index (χ1n) is 10.0. The molecule has 152 valence electrons. The van der Waals surface area contributed by atoms with Crippen molar-refractivity contribution in [3.63, 3.8) is 0 Å². The number of hydrogen-bond donors (Lipinski definition) is 2. The highest BCUT2D eigenvalue weighted by atomic mass is 16.2. The molecule has 1 saturated carbocycles. The minimum Gasteiger partial charge on any atom is -0.356 e. The second kappa shape index (κ2) is 9.08. The number of carbonyl (C=O) groups excluding carboxylic acids is 2. The summed E-state index contributed by atoms with van der Waals surface area (Å²) in [5.41, 5.74) is 1.15. The molecule has 3 rings (SSSR count). The van der Waals surface area contributed by atoms with Crippen molar-refractivity contribution < 1.29 is 9.59 Å². The molecule has 0 bridgehead atoms. The van der Waals surface area contributed by atoms with Crippen molar-refractivity contribution in [2.45, 2.75) is 38.3 Å². The Bertz CT molecular complexity index is 715. The van der Waals surface area contributed by atoms with Crippen LogP contribution in [0.3, 0.4) is 0 Å². The van der Waals surface area contributed by atoms with E-state index in [1.54, 1.807) is 14.1 Å². The maximum atomic E-state index is 12.2. The summed E-state index contributed by atoms with van der Waals surface area (Å²) in [5.74, 6) is 1.09. The van der Waals surface area contributed by atoms with Crippen molar-refractivity contribution in [2.24, 2.45) is 10.9 Å². The summed E-state index contributed by atoms with van der Waals surface area (Å²) in [4.78, 5) is 32.1. The third-order valence-electron chi connectivity index (χ3n) is 5.31. The molecule has 1 aliphatic carbocycles. The molecule has 7 nitrogen and oxygen atoms in total. The Hall–Kier alpha value is -2.57. The number of likely N-dealkylation sites (tertiary alicyclic amines) is 1. The zero-order valence-electron chi connectivity index (χ0n) is 17.0. The van der Waals surface area contributed by atoms with E-state index in [1.165, 1.54) is 4.90 Å². The van der Waals surface area contributed by atoms with Crippen LogP contribution >= 0.6 is 0 Å². The van der Waals surface area contributed by atoms with Gasteiger partial charge in [0.2, 0.25) is 11.8 Å². The lowest BCUT2D eigenvalue weighted by Gasteiger charge is -2.21. The molecule has 28 heavy (non-hydrogen) atoms. The monoisotopic (exact) mass is 385 g/mol. The highest BCUT2D eigenvalue weighted by Crippen LogP contribution is 2.32. The topological polar surface area (TPSA) is 77.0 Å². The highest BCUT2D eigenvalue weighted by molar-refractivity contribution is 5.85. The SMILES string of the molecule is CC(NC(=NCC(=O)N(C)C)NCC1CC(=O)N(C2CC2)C1)c1ccccc1. The number of carbonyl (C=O) groups is 2. The summed E-state index contributed by atoms with van der Waals surface area (Å²) in [6.07, 6.45) is 2.87. The summed E-state index contributed by atoms with van der Waals surface area (Å²) < 4.78 is 0. The Morgan fingerprint density at radius 3 is 2.64 bits per heavy atom. The average molecular weight is 386 g/mol. The van der Waals surface area contributed by atoms with Crippen LogP contribution < -0.4 is 10.6 Å². The van der Waals surface area contributed by atoms with Gasteiger partial charge in [-0.3, -0.25) is 9.59 Å². The number of benzene rings is 1. The van der Waals surface area contributed by atoms with E-state index in [4.69, 9.17) is 0 Å². The molecule has 2 fully saturated rings. The molecule has 2 unspecified atom stereocenters. The molecular weight excluding hydrogens is 354 g/mol. The van der Waals surface area contributed by atoms with E-state index in [2.05, 4.69) is 34.7 Å². The van der Waals surface area contributed by atoms with Gasteiger partial charge in [-0.15, -0.1) is 0 Å². The van der Waals surface area contributed by atoms with Crippen molar-refractivity contribution in [1.82, 2.24) is 20.4 Å². The minimum atomic E-state index is -0.0515. The number of hydrogen-bond acceptors (Lipinski definition) is 3. The van der Waals surface area contributed by atoms with E-state index in [0.29, 0.717) is 25.0 Å². The van der Waals surface area contributed by atoms with Crippen LogP contribution in [0.15, 0.2) is 35.3 Å². The third-order valence-corrected chi connectivity index (χ3v) is 5.31. The van der Waals surface area contributed by atoms with E-state index < -0.39 is 0 Å². The molecule has 7 heteroatoms. The number of aliphatic imine (C=N–C) groups is 1. The lowest BCUT2D eigenvalue weighted by atomic mass is 10.1. The second-order valence-corrected chi connectivity index (χ2v) is 7.96. The maximum absolute atomic E-state index is 12.2. The molecule has 2 aliphatic rings. The largest absolute Gasteiger partial charge is 0.356 e. The van der Waals surface area contributed by atoms with E-state index in [9.17, 15) is 9.59 Å². The van der Waals surface area contributed by atoms with Gasteiger partial charge in [0.05, 0.1) is 6.04 Å². The van der Waals surface area contributed by atoms with Gasteiger partial charge in [0.1, 0.15) is 6.54 Å². The van der Waals surface area contributed by atoms with Gasteiger partial charge in [0, 0.05) is 45.6 Å². The van der Waals surface area contributed by atoms with Crippen molar-refractivity contribution >= 4 is 17.8 Å². The van der Waals surface area contributed by atoms with Gasteiger partial charge >= 0.3 is 0 Å². The Balaban J connectivity index is 1.59. The lowest BCUT2D eigenvalue weighted by molar-refractivity contribution is -0.128. The molecule has 0 aromatic heterocycles. The predicted molar refractivity (Wildman–Crippen MR) is 110 cm³/mol. The van der Waals surface area contributed by atoms with E-state index in [0.717, 1.165) is 24.9 Å². The summed E-state index contributed by atoms with van der Waals surface area (Å²) in [6, 6.07) is 10.6. The van der Waals surface area contributed by atoms with Gasteiger partial charge < -0.3 is 20.4 Å². The first kappa shape index (κ1) is 20.2. The fourth-order valence-corrected chi connectivity index (χ4v) is 3.40. The fourth-order valence-electron chi connectivity index (χ4n) is 3.40. The van der Waals surface area contributed by atoms with Gasteiger partial charge in [0.15, 0.2) is 5.96 Å². The van der Waals surface area contributed by atoms with Crippen LogP contribution in [-0.4, -0.2) is 67.3 Å². The lowest BCUT2D eigenvalue weighted by Crippen LogP contribution is -2.42. The molecule has 0 spiro atoms. The first-order chi connectivity index (χ1) is 13.4. The van der Waals surface area contributed by atoms with Crippen LogP contribution in [-0.2, 0) is 9.59 Å². The quantitative estimate of drug-likeness (QED) is 0.549. The smallest absolute Gasteiger partial charge is 0.243 e. The third kappa shape index (κ3) is 5.47. The molecular formula is C21H31N5O2. The van der Waals surface area contributed by atoms with Crippen LogP contribution in [0.25, 0.3) is 0 Å². The van der Waals surface area contributed by atoms with Crippen molar-refractivity contribution in [2.75, 3.05) is 33.7 Å².